The molecule has 6 nitrogen and oxygen atoms in total. The Bertz CT molecular complexity index is 910. The van der Waals surface area contributed by atoms with Crippen LogP contribution in [0.1, 0.15) is 29.8 Å². The second kappa shape index (κ2) is 9.12. The largest absolute Gasteiger partial charge is 0.351 e. The van der Waals surface area contributed by atoms with Gasteiger partial charge in [0, 0.05) is 23.7 Å². The van der Waals surface area contributed by atoms with E-state index in [1.807, 2.05) is 0 Å². The topological polar surface area (TPSA) is 83.6 Å². The van der Waals surface area contributed by atoms with Gasteiger partial charge < -0.3 is 5.32 Å². The van der Waals surface area contributed by atoms with Crippen molar-refractivity contribution in [2.24, 2.45) is 0 Å². The summed E-state index contributed by atoms with van der Waals surface area (Å²) in [5, 5.41) is 3.30. The highest BCUT2D eigenvalue weighted by molar-refractivity contribution is 7.89. The minimum Gasteiger partial charge on any atom is -0.351 e. The Morgan fingerprint density at radius 1 is 1.04 bits per heavy atom. The number of amides is 1. The van der Waals surface area contributed by atoms with Crippen molar-refractivity contribution in [2.45, 2.75) is 25.3 Å². The molecule has 0 unspecified atom stereocenters. The van der Waals surface area contributed by atoms with Gasteiger partial charge in [-0.15, -0.1) is 0 Å². The number of nitrogens with zero attached hydrogens (tertiary/aromatic N) is 1. The van der Waals surface area contributed by atoms with Crippen molar-refractivity contribution < 1.29 is 18.0 Å². The summed E-state index contributed by atoms with van der Waals surface area (Å²) in [5.74, 6) is -0.552. The number of halogens is 1. The second-order valence-electron chi connectivity index (χ2n) is 5.91. The number of carbonyl (C=O) groups excluding carboxylic acids is 2. The summed E-state index contributed by atoms with van der Waals surface area (Å²) in [6, 6.07) is 12.7. The highest BCUT2D eigenvalue weighted by Crippen LogP contribution is 2.16. The van der Waals surface area contributed by atoms with Gasteiger partial charge in [0.2, 0.25) is 15.9 Å². The normalized spacial score (nSPS) is 11.4. The number of sulfonamides is 1. The van der Waals surface area contributed by atoms with E-state index in [9.17, 15) is 18.0 Å². The quantitative estimate of drug-likeness (QED) is 0.681. The third kappa shape index (κ3) is 5.63. The van der Waals surface area contributed by atoms with E-state index < -0.39 is 15.9 Å². The molecule has 8 heteroatoms. The maximum Gasteiger partial charge on any atom is 0.243 e. The van der Waals surface area contributed by atoms with Crippen molar-refractivity contribution in [3.05, 3.63) is 64.7 Å². The van der Waals surface area contributed by atoms with Gasteiger partial charge in [-0.2, -0.15) is 4.31 Å². The second-order valence-corrected chi connectivity index (χ2v) is 8.29. The van der Waals surface area contributed by atoms with Crippen LogP contribution in [0.2, 0.25) is 5.02 Å². The Kier molecular flexibility index (Phi) is 7.12. The zero-order chi connectivity index (χ0) is 20.0. The summed E-state index contributed by atoms with van der Waals surface area (Å²) in [4.78, 5) is 23.6. The molecule has 0 saturated carbocycles. The first-order valence-corrected chi connectivity index (χ1v) is 10.2. The highest BCUT2D eigenvalue weighted by Gasteiger charge is 2.25. The summed E-state index contributed by atoms with van der Waals surface area (Å²) in [6.07, 6.45) is 0. The number of likely N-dealkylation sites (N-methyl/N-ethyl adjacent to an activating group) is 1. The molecule has 0 aromatic heterocycles. The average Bonchev–Trinajstić information content (AvgIpc) is 2.65. The summed E-state index contributed by atoms with van der Waals surface area (Å²) >= 11 is 5.82. The summed E-state index contributed by atoms with van der Waals surface area (Å²) in [5.41, 5.74) is 1.29. The predicted octanol–water partition coefficient (Wildman–Crippen LogP) is 2.87. The maximum atomic E-state index is 12.7. The third-order valence-electron chi connectivity index (χ3n) is 3.97. The Labute approximate surface area is 164 Å². The van der Waals surface area contributed by atoms with Crippen molar-refractivity contribution in [1.82, 2.24) is 9.62 Å². The molecule has 0 radical (unpaired) electrons. The van der Waals surface area contributed by atoms with E-state index in [0.29, 0.717) is 10.6 Å². The van der Waals surface area contributed by atoms with Crippen LogP contribution in [0.5, 0.6) is 0 Å². The van der Waals surface area contributed by atoms with Gasteiger partial charge in [-0.25, -0.2) is 8.42 Å². The molecule has 0 aliphatic heterocycles. The number of carbonyl (C=O) groups is 2. The molecular weight excluding hydrogens is 388 g/mol. The van der Waals surface area contributed by atoms with Crippen LogP contribution in [0.15, 0.2) is 53.4 Å². The molecule has 0 bridgehead atoms. The van der Waals surface area contributed by atoms with Crippen molar-refractivity contribution in [3.8, 4) is 0 Å². The fraction of sp³-hybridized carbons (Fsp3) is 0.263. The molecule has 0 spiro atoms. The number of nitrogens with one attached hydrogen (secondary N) is 1. The Balaban J connectivity index is 2.04. The lowest BCUT2D eigenvalue weighted by Gasteiger charge is -2.20. The lowest BCUT2D eigenvalue weighted by atomic mass is 10.2. The fourth-order valence-corrected chi connectivity index (χ4v) is 3.93. The zero-order valence-electron chi connectivity index (χ0n) is 15.1. The van der Waals surface area contributed by atoms with Crippen LogP contribution in [-0.2, 0) is 21.4 Å². The van der Waals surface area contributed by atoms with Gasteiger partial charge >= 0.3 is 0 Å². The Morgan fingerprint density at radius 2 is 1.63 bits per heavy atom. The number of rotatable bonds is 8. The molecule has 0 heterocycles. The van der Waals surface area contributed by atoms with E-state index in [1.165, 1.54) is 31.2 Å². The molecule has 1 N–H and O–H groups in total. The minimum atomic E-state index is -3.83. The molecule has 27 heavy (non-hydrogen) atoms. The average molecular weight is 409 g/mol. The third-order valence-corrected chi connectivity index (χ3v) is 6.16. The van der Waals surface area contributed by atoms with Crippen LogP contribution in [0.25, 0.3) is 0 Å². The first kappa shape index (κ1) is 21.1. The van der Waals surface area contributed by atoms with Crippen molar-refractivity contribution in [3.63, 3.8) is 0 Å². The van der Waals surface area contributed by atoms with Gasteiger partial charge in [0.05, 0.1) is 11.4 Å². The van der Waals surface area contributed by atoms with Gasteiger partial charge in [0.25, 0.3) is 0 Å². The molecule has 1 amide bonds. The SMILES string of the molecule is CCN(CC(=O)NCc1ccc(Cl)cc1)S(=O)(=O)c1ccc(C(C)=O)cc1. The first-order chi connectivity index (χ1) is 12.7. The molecule has 2 rings (SSSR count). The standard InChI is InChI=1S/C19H21ClN2O4S/c1-3-22(13-19(24)21-12-15-4-8-17(20)9-5-15)27(25,26)18-10-6-16(7-11-18)14(2)23/h4-11H,3,12-13H2,1-2H3,(H,21,24). The molecule has 2 aromatic carbocycles. The molecular formula is C19H21ClN2O4S. The maximum absolute atomic E-state index is 12.7. The van der Waals surface area contributed by atoms with Crippen LogP contribution in [0.4, 0.5) is 0 Å². The smallest absolute Gasteiger partial charge is 0.243 e. The minimum absolute atomic E-state index is 0.0415. The van der Waals surface area contributed by atoms with E-state index in [0.717, 1.165) is 9.87 Å². The Morgan fingerprint density at radius 3 is 2.15 bits per heavy atom. The van der Waals surface area contributed by atoms with E-state index >= 15 is 0 Å². The molecule has 0 aliphatic carbocycles. The van der Waals surface area contributed by atoms with Crippen molar-refractivity contribution in [2.75, 3.05) is 13.1 Å². The number of hydrogen-bond donors (Lipinski definition) is 1. The predicted molar refractivity (Wildman–Crippen MR) is 104 cm³/mol. The number of ketones is 1. The number of Topliss-reactive ketones (excluding diaryl/α,β-unsaturated/α-hetero) is 1. The lowest BCUT2D eigenvalue weighted by molar-refractivity contribution is -0.121. The van der Waals surface area contributed by atoms with Crippen LogP contribution in [-0.4, -0.2) is 37.5 Å². The zero-order valence-corrected chi connectivity index (χ0v) is 16.7. The molecule has 2 aromatic rings. The van der Waals surface area contributed by atoms with E-state index in [1.54, 1.807) is 31.2 Å². The Hall–Kier alpha value is -2.22. The highest BCUT2D eigenvalue weighted by atomic mass is 35.5. The van der Waals surface area contributed by atoms with Gasteiger partial charge in [0.1, 0.15) is 0 Å². The lowest BCUT2D eigenvalue weighted by Crippen LogP contribution is -2.40. The van der Waals surface area contributed by atoms with Gasteiger partial charge in [-0.1, -0.05) is 42.8 Å². The van der Waals surface area contributed by atoms with E-state index in [-0.39, 0.29) is 30.3 Å². The molecule has 0 fully saturated rings. The summed E-state index contributed by atoms with van der Waals surface area (Å²) in [6.45, 7) is 3.20. The van der Waals surface area contributed by atoms with Crippen LogP contribution in [0, 0.1) is 0 Å². The van der Waals surface area contributed by atoms with Crippen LogP contribution >= 0.6 is 11.6 Å². The first-order valence-electron chi connectivity index (χ1n) is 8.36. The van der Waals surface area contributed by atoms with Crippen molar-refractivity contribution >= 4 is 33.3 Å². The fourth-order valence-electron chi connectivity index (χ4n) is 2.40. The molecule has 0 aliphatic rings. The van der Waals surface area contributed by atoms with Crippen molar-refractivity contribution in [1.29, 1.82) is 0 Å². The van der Waals surface area contributed by atoms with Gasteiger partial charge in [0.15, 0.2) is 5.78 Å². The monoisotopic (exact) mass is 408 g/mol. The van der Waals surface area contributed by atoms with Crippen LogP contribution < -0.4 is 5.32 Å². The molecule has 144 valence electrons. The summed E-state index contributed by atoms with van der Waals surface area (Å²) < 4.78 is 26.6. The number of benzene rings is 2. The van der Waals surface area contributed by atoms with Crippen LogP contribution in [0.3, 0.4) is 0 Å². The van der Waals surface area contributed by atoms with Gasteiger partial charge in [-0.05, 0) is 36.8 Å². The molecule has 0 saturated heterocycles. The van der Waals surface area contributed by atoms with Gasteiger partial charge in [-0.3, -0.25) is 9.59 Å². The van der Waals surface area contributed by atoms with E-state index in [2.05, 4.69) is 5.32 Å². The van der Waals surface area contributed by atoms with E-state index in [4.69, 9.17) is 11.6 Å². The summed E-state index contributed by atoms with van der Waals surface area (Å²) in [7, 11) is -3.83. The number of hydrogen-bond acceptors (Lipinski definition) is 4. The molecule has 0 atom stereocenters.